The van der Waals surface area contributed by atoms with E-state index in [1.165, 1.54) is 6.20 Å². The molecular formula is C19H16BrN3O3. The van der Waals surface area contributed by atoms with Crippen LogP contribution < -0.4 is 5.32 Å². The second kappa shape index (κ2) is 8.05. The van der Waals surface area contributed by atoms with Crippen LogP contribution in [0.25, 0.3) is 11.0 Å². The van der Waals surface area contributed by atoms with Gasteiger partial charge in [-0.25, -0.2) is 9.78 Å². The highest BCUT2D eigenvalue weighted by atomic mass is 79.9. The van der Waals surface area contributed by atoms with E-state index in [4.69, 9.17) is 4.74 Å². The molecule has 1 unspecified atom stereocenters. The first-order chi connectivity index (χ1) is 12.6. The molecule has 132 valence electrons. The normalized spacial score (nSPS) is 11.8. The second-order valence-electron chi connectivity index (χ2n) is 5.54. The van der Waals surface area contributed by atoms with Crippen molar-refractivity contribution >= 4 is 44.5 Å². The Morgan fingerprint density at radius 1 is 1.12 bits per heavy atom. The molecule has 1 N–H and O–H groups in total. The number of fused-ring (bicyclic) bond motifs is 1. The van der Waals surface area contributed by atoms with Crippen molar-refractivity contribution in [1.82, 2.24) is 9.97 Å². The lowest BCUT2D eigenvalue weighted by Gasteiger charge is -2.16. The Morgan fingerprint density at radius 3 is 2.50 bits per heavy atom. The van der Waals surface area contributed by atoms with E-state index in [2.05, 4.69) is 31.2 Å². The Labute approximate surface area is 158 Å². The first-order valence-corrected chi connectivity index (χ1v) is 8.85. The average Bonchev–Trinajstić information content (AvgIpc) is 2.67. The van der Waals surface area contributed by atoms with Crippen LogP contribution in [0, 0.1) is 0 Å². The summed E-state index contributed by atoms with van der Waals surface area (Å²) in [5, 5.41) is 2.73. The van der Waals surface area contributed by atoms with Gasteiger partial charge in [0.2, 0.25) is 0 Å². The number of rotatable bonds is 5. The van der Waals surface area contributed by atoms with Gasteiger partial charge in [0.15, 0.2) is 11.8 Å². The predicted molar refractivity (Wildman–Crippen MR) is 102 cm³/mol. The van der Waals surface area contributed by atoms with E-state index >= 15 is 0 Å². The minimum absolute atomic E-state index is 0.0681. The Kier molecular flexibility index (Phi) is 5.58. The Morgan fingerprint density at radius 2 is 1.81 bits per heavy atom. The van der Waals surface area contributed by atoms with Crippen molar-refractivity contribution in [1.29, 1.82) is 0 Å². The van der Waals surface area contributed by atoms with E-state index in [1.807, 2.05) is 24.3 Å². The molecule has 0 aliphatic heterocycles. The van der Waals surface area contributed by atoms with Gasteiger partial charge in [0.25, 0.3) is 5.91 Å². The fourth-order valence-electron chi connectivity index (χ4n) is 2.32. The molecule has 0 aliphatic rings. The summed E-state index contributed by atoms with van der Waals surface area (Å²) >= 11 is 3.34. The molecule has 1 aromatic heterocycles. The van der Waals surface area contributed by atoms with Crippen molar-refractivity contribution in [3.05, 3.63) is 64.9 Å². The van der Waals surface area contributed by atoms with Crippen molar-refractivity contribution in [2.45, 2.75) is 19.4 Å². The standard InChI is InChI=1S/C19H16BrN3O3/c1-2-17(18(24)22-13-9-7-12(20)8-10-13)26-19(25)16-11-21-14-5-3-4-6-15(14)23-16/h3-11,17H,2H2,1H3,(H,22,24). The Hall–Kier alpha value is -2.80. The minimum Gasteiger partial charge on any atom is -0.447 e. The van der Waals surface area contributed by atoms with Crippen molar-refractivity contribution in [2.75, 3.05) is 5.32 Å². The monoisotopic (exact) mass is 413 g/mol. The zero-order valence-corrected chi connectivity index (χ0v) is 15.6. The first kappa shape index (κ1) is 18.0. The van der Waals surface area contributed by atoms with Crippen LogP contribution in [0.15, 0.2) is 59.2 Å². The average molecular weight is 414 g/mol. The molecule has 0 spiro atoms. The molecule has 3 aromatic rings. The van der Waals surface area contributed by atoms with Crippen LogP contribution in [-0.2, 0) is 9.53 Å². The van der Waals surface area contributed by atoms with E-state index in [-0.39, 0.29) is 5.69 Å². The van der Waals surface area contributed by atoms with Gasteiger partial charge in [0.05, 0.1) is 17.2 Å². The van der Waals surface area contributed by atoms with Gasteiger partial charge in [-0.15, -0.1) is 0 Å². The van der Waals surface area contributed by atoms with E-state index in [0.29, 0.717) is 23.1 Å². The van der Waals surface area contributed by atoms with Crippen molar-refractivity contribution in [3.8, 4) is 0 Å². The number of anilines is 1. The number of para-hydroxylation sites is 2. The molecule has 0 bridgehead atoms. The summed E-state index contributed by atoms with van der Waals surface area (Å²) in [4.78, 5) is 33.1. The molecule has 0 saturated heterocycles. The van der Waals surface area contributed by atoms with E-state index < -0.39 is 18.0 Å². The minimum atomic E-state index is -0.917. The Bertz CT molecular complexity index is 944. The van der Waals surface area contributed by atoms with Gasteiger partial charge in [-0.05, 0) is 42.8 Å². The predicted octanol–water partition coefficient (Wildman–Crippen LogP) is 3.97. The molecule has 2 aromatic carbocycles. The smallest absolute Gasteiger partial charge is 0.359 e. The number of amides is 1. The molecule has 3 rings (SSSR count). The number of aromatic nitrogens is 2. The van der Waals surface area contributed by atoms with E-state index in [0.717, 1.165) is 4.47 Å². The number of carbonyl (C=O) groups is 2. The molecule has 0 saturated carbocycles. The number of hydrogen-bond acceptors (Lipinski definition) is 5. The van der Waals surface area contributed by atoms with Crippen LogP contribution >= 0.6 is 15.9 Å². The third-order valence-corrected chi connectivity index (χ3v) is 4.21. The lowest BCUT2D eigenvalue weighted by Crippen LogP contribution is -2.32. The summed E-state index contributed by atoms with van der Waals surface area (Å²) in [6.45, 7) is 1.77. The van der Waals surface area contributed by atoms with Crippen LogP contribution in [0.4, 0.5) is 5.69 Å². The SMILES string of the molecule is CCC(OC(=O)c1cnc2ccccc2n1)C(=O)Nc1ccc(Br)cc1. The topological polar surface area (TPSA) is 81.2 Å². The highest BCUT2D eigenvalue weighted by Gasteiger charge is 2.23. The molecule has 26 heavy (non-hydrogen) atoms. The second-order valence-corrected chi connectivity index (χ2v) is 6.46. The number of benzene rings is 2. The number of nitrogens with zero attached hydrogens (tertiary/aromatic N) is 2. The highest BCUT2D eigenvalue weighted by molar-refractivity contribution is 9.10. The molecule has 0 fully saturated rings. The number of carbonyl (C=O) groups excluding carboxylic acids is 2. The fourth-order valence-corrected chi connectivity index (χ4v) is 2.59. The highest BCUT2D eigenvalue weighted by Crippen LogP contribution is 2.16. The first-order valence-electron chi connectivity index (χ1n) is 8.06. The van der Waals surface area contributed by atoms with Crippen LogP contribution in [-0.4, -0.2) is 27.9 Å². The molecule has 1 atom stereocenters. The van der Waals surface area contributed by atoms with Crippen LogP contribution in [0.2, 0.25) is 0 Å². The lowest BCUT2D eigenvalue weighted by molar-refractivity contribution is -0.124. The zero-order valence-electron chi connectivity index (χ0n) is 14.0. The maximum atomic E-state index is 12.4. The van der Waals surface area contributed by atoms with Crippen molar-refractivity contribution in [3.63, 3.8) is 0 Å². The number of nitrogens with one attached hydrogen (secondary N) is 1. The number of esters is 1. The van der Waals surface area contributed by atoms with Crippen molar-refractivity contribution < 1.29 is 14.3 Å². The summed E-state index contributed by atoms with van der Waals surface area (Å²) in [7, 11) is 0. The molecule has 1 heterocycles. The molecule has 0 radical (unpaired) electrons. The summed E-state index contributed by atoms with van der Waals surface area (Å²) in [5.74, 6) is -1.07. The molecule has 7 heteroatoms. The number of hydrogen-bond donors (Lipinski definition) is 1. The third-order valence-electron chi connectivity index (χ3n) is 3.68. The third kappa shape index (κ3) is 4.23. The van der Waals surface area contributed by atoms with Crippen LogP contribution in [0.1, 0.15) is 23.8 Å². The summed E-state index contributed by atoms with van der Waals surface area (Å²) in [5.41, 5.74) is 1.97. The zero-order chi connectivity index (χ0) is 18.5. The maximum absolute atomic E-state index is 12.4. The van der Waals surface area contributed by atoms with Gasteiger partial charge in [-0.1, -0.05) is 35.0 Å². The van der Waals surface area contributed by atoms with Gasteiger partial charge in [-0.3, -0.25) is 9.78 Å². The summed E-state index contributed by atoms with van der Waals surface area (Å²) in [6, 6.07) is 14.4. The molecule has 6 nitrogen and oxygen atoms in total. The van der Waals surface area contributed by atoms with Crippen LogP contribution in [0.5, 0.6) is 0 Å². The number of halogens is 1. The summed E-state index contributed by atoms with van der Waals surface area (Å²) < 4.78 is 6.24. The quantitative estimate of drug-likeness (QED) is 0.639. The van der Waals surface area contributed by atoms with E-state index in [1.54, 1.807) is 31.2 Å². The van der Waals surface area contributed by atoms with Gasteiger partial charge < -0.3 is 10.1 Å². The fraction of sp³-hybridized carbons (Fsp3) is 0.158. The Balaban J connectivity index is 1.70. The lowest BCUT2D eigenvalue weighted by atomic mass is 10.2. The molecular weight excluding hydrogens is 398 g/mol. The van der Waals surface area contributed by atoms with Gasteiger partial charge in [-0.2, -0.15) is 0 Å². The van der Waals surface area contributed by atoms with Crippen molar-refractivity contribution in [2.24, 2.45) is 0 Å². The maximum Gasteiger partial charge on any atom is 0.359 e. The van der Waals surface area contributed by atoms with Gasteiger partial charge in [0, 0.05) is 10.2 Å². The summed E-state index contributed by atoms with van der Waals surface area (Å²) in [6.07, 6.45) is 0.776. The van der Waals surface area contributed by atoms with Gasteiger partial charge >= 0.3 is 5.97 Å². The largest absolute Gasteiger partial charge is 0.447 e. The van der Waals surface area contributed by atoms with Crippen LogP contribution in [0.3, 0.4) is 0 Å². The number of ether oxygens (including phenoxy) is 1. The van der Waals surface area contributed by atoms with E-state index in [9.17, 15) is 9.59 Å². The molecule has 0 aliphatic carbocycles. The van der Waals surface area contributed by atoms with Gasteiger partial charge in [0.1, 0.15) is 0 Å². The molecule has 1 amide bonds.